The molecular weight excluding hydrogens is 324 g/mol. The van der Waals surface area contributed by atoms with E-state index in [4.69, 9.17) is 15.9 Å². The molecule has 4 saturated carbocycles. The number of hydrogen-bond donors (Lipinski definition) is 5. The predicted octanol–water partition coefficient (Wildman–Crippen LogP) is 1.40. The number of aliphatic carboxylic acids is 1. The monoisotopic (exact) mass is 352 g/mol. The van der Waals surface area contributed by atoms with Crippen LogP contribution in [0.4, 0.5) is 4.79 Å². The standard InChI is InChI=1S/C17H28N4O4/c18-15(19)20-3-1-2-13(14(22)23)21-16(24)25-17-7-10-4-11(8-17)6-12(5-10)9-17/h10-13H,1-9H2,(H,21,24)(H,22,23)(H4,18,19,20)/t10?,11?,12?,13-,17?/m0/s1. The Hall–Kier alpha value is -1.99. The van der Waals surface area contributed by atoms with E-state index in [-0.39, 0.29) is 18.0 Å². The summed E-state index contributed by atoms with van der Waals surface area (Å²) >= 11 is 0. The van der Waals surface area contributed by atoms with Gasteiger partial charge in [0.15, 0.2) is 5.96 Å². The molecule has 4 aliphatic rings. The Kier molecular flexibility index (Phi) is 5.06. The Labute approximate surface area is 147 Å². The molecule has 4 fully saturated rings. The van der Waals surface area contributed by atoms with Gasteiger partial charge < -0.3 is 26.2 Å². The molecule has 6 N–H and O–H groups in total. The second-order valence-corrected chi connectivity index (χ2v) is 8.01. The van der Waals surface area contributed by atoms with E-state index in [1.54, 1.807) is 0 Å². The van der Waals surface area contributed by atoms with Crippen molar-refractivity contribution in [2.75, 3.05) is 6.54 Å². The van der Waals surface area contributed by atoms with Crippen LogP contribution >= 0.6 is 0 Å². The van der Waals surface area contributed by atoms with Crippen LogP contribution in [0.5, 0.6) is 0 Å². The summed E-state index contributed by atoms with van der Waals surface area (Å²) in [6.45, 7) is 0.394. The molecule has 0 spiro atoms. The summed E-state index contributed by atoms with van der Waals surface area (Å²) in [6, 6.07) is -0.991. The highest BCUT2D eigenvalue weighted by molar-refractivity contribution is 5.80. The van der Waals surface area contributed by atoms with Crippen molar-refractivity contribution in [3.8, 4) is 0 Å². The maximum atomic E-state index is 12.3. The minimum Gasteiger partial charge on any atom is -0.480 e. The summed E-state index contributed by atoms with van der Waals surface area (Å²) in [7, 11) is 0. The van der Waals surface area contributed by atoms with Gasteiger partial charge in [-0.2, -0.15) is 0 Å². The zero-order valence-corrected chi connectivity index (χ0v) is 14.4. The normalized spacial score (nSPS) is 33.5. The first-order valence-corrected chi connectivity index (χ1v) is 9.15. The number of carbonyl (C=O) groups is 2. The molecule has 140 valence electrons. The number of nitrogens with one attached hydrogen (secondary N) is 3. The lowest BCUT2D eigenvalue weighted by Gasteiger charge is -2.55. The largest absolute Gasteiger partial charge is 0.480 e. The van der Waals surface area contributed by atoms with Crippen molar-refractivity contribution < 1.29 is 19.4 Å². The van der Waals surface area contributed by atoms with E-state index in [1.165, 1.54) is 19.3 Å². The van der Waals surface area contributed by atoms with Crippen molar-refractivity contribution >= 4 is 18.0 Å². The first-order valence-electron chi connectivity index (χ1n) is 9.15. The van der Waals surface area contributed by atoms with Gasteiger partial charge in [-0.25, -0.2) is 9.59 Å². The molecule has 8 nitrogen and oxygen atoms in total. The minimum atomic E-state index is -1.08. The van der Waals surface area contributed by atoms with Crippen molar-refractivity contribution in [2.24, 2.45) is 23.5 Å². The van der Waals surface area contributed by atoms with Crippen molar-refractivity contribution in [1.29, 1.82) is 5.41 Å². The Morgan fingerprint density at radius 1 is 1.20 bits per heavy atom. The topological polar surface area (TPSA) is 138 Å². The quantitative estimate of drug-likeness (QED) is 0.267. The summed E-state index contributed by atoms with van der Waals surface area (Å²) in [5.41, 5.74) is 4.80. The van der Waals surface area contributed by atoms with Crippen LogP contribution in [0.3, 0.4) is 0 Å². The Morgan fingerprint density at radius 3 is 2.24 bits per heavy atom. The van der Waals surface area contributed by atoms with Gasteiger partial charge in [-0.1, -0.05) is 0 Å². The summed E-state index contributed by atoms with van der Waals surface area (Å²) in [5.74, 6) is 0.747. The van der Waals surface area contributed by atoms with Gasteiger partial charge in [0, 0.05) is 6.54 Å². The fraction of sp³-hybridized carbons (Fsp3) is 0.824. The van der Waals surface area contributed by atoms with Gasteiger partial charge in [0.05, 0.1) is 0 Å². The number of nitrogens with two attached hydrogens (primary N) is 1. The van der Waals surface area contributed by atoms with Gasteiger partial charge in [0.1, 0.15) is 11.6 Å². The van der Waals surface area contributed by atoms with E-state index < -0.39 is 18.1 Å². The minimum absolute atomic E-state index is 0.152. The molecule has 0 aromatic carbocycles. The van der Waals surface area contributed by atoms with Crippen LogP contribution in [-0.4, -0.2) is 41.3 Å². The van der Waals surface area contributed by atoms with Gasteiger partial charge >= 0.3 is 12.1 Å². The zero-order valence-electron chi connectivity index (χ0n) is 14.4. The Balaban J connectivity index is 1.50. The van der Waals surface area contributed by atoms with Crippen molar-refractivity contribution in [1.82, 2.24) is 10.6 Å². The van der Waals surface area contributed by atoms with Crippen LogP contribution in [0, 0.1) is 23.2 Å². The number of carboxylic acid groups (broad SMARTS) is 1. The maximum absolute atomic E-state index is 12.3. The highest BCUT2D eigenvalue weighted by atomic mass is 16.6. The van der Waals surface area contributed by atoms with Crippen LogP contribution in [0.2, 0.25) is 0 Å². The van der Waals surface area contributed by atoms with Crippen LogP contribution in [-0.2, 0) is 9.53 Å². The van der Waals surface area contributed by atoms with Gasteiger partial charge in [0.2, 0.25) is 0 Å². The molecule has 4 rings (SSSR count). The molecule has 1 amide bonds. The number of rotatable bonds is 7. The molecule has 4 bridgehead atoms. The number of guanidine groups is 1. The van der Waals surface area contributed by atoms with E-state index in [1.807, 2.05) is 0 Å². The van der Waals surface area contributed by atoms with Gasteiger partial charge in [-0.15, -0.1) is 0 Å². The second-order valence-electron chi connectivity index (χ2n) is 8.01. The third-order valence-electron chi connectivity index (χ3n) is 5.87. The van der Waals surface area contributed by atoms with Crippen molar-refractivity contribution in [3.63, 3.8) is 0 Å². The van der Waals surface area contributed by atoms with Crippen LogP contribution in [0.25, 0.3) is 0 Å². The summed E-state index contributed by atoms with van der Waals surface area (Å²) in [5, 5.41) is 21.5. The zero-order chi connectivity index (χ0) is 18.0. The number of amides is 1. The molecule has 0 aromatic rings. The summed E-state index contributed by atoms with van der Waals surface area (Å²) in [6.07, 6.45) is 6.65. The maximum Gasteiger partial charge on any atom is 0.408 e. The molecule has 4 aliphatic carbocycles. The van der Waals surface area contributed by atoms with Crippen LogP contribution in [0.15, 0.2) is 0 Å². The number of alkyl carbamates (subject to hydrolysis) is 1. The Bertz CT molecular complexity index is 515. The average molecular weight is 352 g/mol. The lowest BCUT2D eigenvalue weighted by Crippen LogP contribution is -2.54. The number of carbonyl (C=O) groups excluding carboxylic acids is 1. The molecule has 0 aromatic heterocycles. The molecule has 0 radical (unpaired) electrons. The second kappa shape index (κ2) is 7.09. The van der Waals surface area contributed by atoms with E-state index in [0.717, 1.165) is 19.3 Å². The number of ether oxygens (including phenoxy) is 1. The van der Waals surface area contributed by atoms with E-state index in [9.17, 15) is 14.7 Å². The van der Waals surface area contributed by atoms with Gasteiger partial charge in [0.25, 0.3) is 0 Å². The highest BCUT2D eigenvalue weighted by Gasteiger charge is 2.53. The molecular formula is C17H28N4O4. The summed E-state index contributed by atoms with van der Waals surface area (Å²) in [4.78, 5) is 23.7. The predicted molar refractivity (Wildman–Crippen MR) is 91.1 cm³/mol. The Morgan fingerprint density at radius 2 is 1.76 bits per heavy atom. The first-order chi connectivity index (χ1) is 11.8. The van der Waals surface area contributed by atoms with E-state index in [2.05, 4.69) is 10.6 Å². The molecule has 0 aliphatic heterocycles. The van der Waals surface area contributed by atoms with Crippen molar-refractivity contribution in [2.45, 2.75) is 63.0 Å². The molecule has 0 unspecified atom stereocenters. The van der Waals surface area contributed by atoms with E-state index >= 15 is 0 Å². The van der Waals surface area contributed by atoms with Gasteiger partial charge in [-0.3, -0.25) is 5.41 Å². The number of hydrogen-bond acceptors (Lipinski definition) is 4. The lowest BCUT2D eigenvalue weighted by atomic mass is 9.54. The average Bonchev–Trinajstić information content (AvgIpc) is 2.47. The third-order valence-corrected chi connectivity index (χ3v) is 5.87. The smallest absolute Gasteiger partial charge is 0.408 e. The third kappa shape index (κ3) is 4.35. The molecule has 25 heavy (non-hydrogen) atoms. The molecule has 8 heteroatoms. The molecule has 1 atom stereocenters. The van der Waals surface area contributed by atoms with Crippen LogP contribution in [0.1, 0.15) is 51.4 Å². The highest BCUT2D eigenvalue weighted by Crippen LogP contribution is 2.57. The summed E-state index contributed by atoms with van der Waals surface area (Å²) < 4.78 is 5.79. The lowest BCUT2D eigenvalue weighted by molar-refractivity contribution is -0.141. The van der Waals surface area contributed by atoms with Crippen LogP contribution < -0.4 is 16.4 Å². The first kappa shape index (κ1) is 17.8. The fourth-order valence-corrected chi connectivity index (χ4v) is 5.31. The van der Waals surface area contributed by atoms with Gasteiger partial charge in [-0.05, 0) is 69.1 Å². The number of carboxylic acids is 1. The SMILES string of the molecule is N=C(N)NCCC[C@H](NC(=O)OC12CC3CC(CC(C3)C1)C2)C(=O)O. The molecule has 0 saturated heterocycles. The van der Waals surface area contributed by atoms with Crippen molar-refractivity contribution in [3.05, 3.63) is 0 Å². The fourth-order valence-electron chi connectivity index (χ4n) is 5.31. The van der Waals surface area contributed by atoms with E-state index in [0.29, 0.717) is 30.7 Å². The molecule has 0 heterocycles.